The van der Waals surface area contributed by atoms with Crippen molar-refractivity contribution in [1.82, 2.24) is 15.1 Å². The molecule has 0 atom stereocenters. The van der Waals surface area contributed by atoms with E-state index in [0.29, 0.717) is 22.5 Å². The minimum atomic E-state index is -3.78. The van der Waals surface area contributed by atoms with Crippen LogP contribution < -0.4 is 10.1 Å². The summed E-state index contributed by atoms with van der Waals surface area (Å²) in [5.74, 6) is -1.07. The molecule has 150 valence electrons. The smallest absolute Gasteiger partial charge is 0.340 e. The van der Waals surface area contributed by atoms with E-state index in [1.54, 1.807) is 39.0 Å². The summed E-state index contributed by atoms with van der Waals surface area (Å²) >= 11 is 0. The minimum Gasteiger partial charge on any atom is -0.462 e. The maximum Gasteiger partial charge on any atom is 0.340 e. The molecule has 0 saturated heterocycles. The molecule has 0 unspecified atom stereocenters. The van der Waals surface area contributed by atoms with Gasteiger partial charge in [-0.3, -0.25) is 4.79 Å². The van der Waals surface area contributed by atoms with Crippen LogP contribution in [0.3, 0.4) is 0 Å². The van der Waals surface area contributed by atoms with Gasteiger partial charge in [-0.25, -0.2) is 23.4 Å². The van der Waals surface area contributed by atoms with E-state index in [1.165, 1.54) is 18.3 Å². The highest BCUT2D eigenvalue weighted by atomic mass is 32.2. The summed E-state index contributed by atoms with van der Waals surface area (Å²) in [5.41, 5.74) is 4.45. The molecule has 2 rings (SSSR count). The fourth-order valence-corrected chi connectivity index (χ4v) is 3.47. The molecule has 0 aliphatic heterocycles. The third kappa shape index (κ3) is 5.27. The van der Waals surface area contributed by atoms with E-state index in [-0.39, 0.29) is 11.5 Å². The van der Waals surface area contributed by atoms with Gasteiger partial charge in [0, 0.05) is 5.69 Å². The van der Waals surface area contributed by atoms with E-state index >= 15 is 0 Å². The molecule has 2 aromatic rings. The Hall–Kier alpha value is -2.98. The Kier molecular flexibility index (Phi) is 7.07. The lowest BCUT2D eigenvalue weighted by Gasteiger charge is -2.05. The Balaban J connectivity index is 1.95. The molecule has 3 N–H and O–H groups in total. The molecule has 0 saturated carbocycles. The maximum absolute atomic E-state index is 12.1. The molecule has 1 aromatic carbocycles. The van der Waals surface area contributed by atoms with Gasteiger partial charge in [-0.15, -0.1) is 0 Å². The predicted molar refractivity (Wildman–Crippen MR) is 104 cm³/mol. The van der Waals surface area contributed by atoms with Crippen molar-refractivity contribution in [2.45, 2.75) is 25.7 Å². The summed E-state index contributed by atoms with van der Waals surface area (Å²) in [4.78, 5) is 26.8. The SMILES string of the molecule is CCOC(=O)c1c(C)[nH]c(/C=N/NC(=O)CNS(=O)(=O)c2ccccc2)c1C. The van der Waals surface area contributed by atoms with Crippen molar-refractivity contribution in [3.8, 4) is 0 Å². The zero-order valence-electron chi connectivity index (χ0n) is 15.8. The molecule has 0 bridgehead atoms. The number of nitrogens with zero attached hydrogens (tertiary/aromatic N) is 1. The van der Waals surface area contributed by atoms with Crippen LogP contribution in [0.1, 0.15) is 34.2 Å². The predicted octanol–water partition coefficient (Wildman–Crippen LogP) is 1.24. The van der Waals surface area contributed by atoms with E-state index in [1.807, 2.05) is 0 Å². The van der Waals surface area contributed by atoms with Crippen molar-refractivity contribution >= 4 is 28.1 Å². The standard InChI is InChI=1S/C18H22N4O5S/c1-4-27-18(24)17-12(2)15(21-13(17)3)10-19-22-16(23)11-20-28(25,26)14-8-6-5-7-9-14/h5-10,20-21H,4,11H2,1-3H3,(H,22,23)/b19-10+. The maximum atomic E-state index is 12.1. The van der Waals surface area contributed by atoms with Gasteiger partial charge in [-0.2, -0.15) is 5.10 Å². The Morgan fingerprint density at radius 3 is 2.54 bits per heavy atom. The Labute approximate surface area is 163 Å². The molecule has 0 spiro atoms. The number of carbonyl (C=O) groups is 2. The number of amides is 1. The van der Waals surface area contributed by atoms with Gasteiger partial charge in [0.1, 0.15) is 0 Å². The zero-order chi connectivity index (χ0) is 20.7. The van der Waals surface area contributed by atoms with Gasteiger partial charge >= 0.3 is 5.97 Å². The van der Waals surface area contributed by atoms with E-state index in [0.717, 1.165) is 0 Å². The topological polar surface area (TPSA) is 130 Å². The van der Waals surface area contributed by atoms with Crippen LogP contribution in [-0.2, 0) is 19.6 Å². The van der Waals surface area contributed by atoms with Gasteiger partial charge in [0.2, 0.25) is 10.0 Å². The van der Waals surface area contributed by atoms with E-state index in [2.05, 4.69) is 20.2 Å². The molecule has 28 heavy (non-hydrogen) atoms. The van der Waals surface area contributed by atoms with Gasteiger partial charge in [0.25, 0.3) is 5.91 Å². The van der Waals surface area contributed by atoms with Crippen LogP contribution in [0.15, 0.2) is 40.3 Å². The summed E-state index contributed by atoms with van der Waals surface area (Å²) in [6.45, 7) is 4.98. The Morgan fingerprint density at radius 1 is 1.21 bits per heavy atom. The second kappa shape index (κ2) is 9.29. The number of aryl methyl sites for hydroxylation is 1. The average Bonchev–Trinajstić information content (AvgIpc) is 2.94. The summed E-state index contributed by atoms with van der Waals surface area (Å²) in [6, 6.07) is 7.72. The van der Waals surface area contributed by atoms with Crippen molar-refractivity contribution in [3.05, 3.63) is 52.8 Å². The second-order valence-electron chi connectivity index (χ2n) is 5.81. The van der Waals surface area contributed by atoms with Crippen molar-refractivity contribution in [1.29, 1.82) is 0 Å². The number of hydrogen-bond acceptors (Lipinski definition) is 6. The van der Waals surface area contributed by atoms with Gasteiger partial charge in [0.05, 0.1) is 35.5 Å². The summed E-state index contributed by atoms with van der Waals surface area (Å²) in [5, 5.41) is 3.79. The molecule has 0 fully saturated rings. The van der Waals surface area contributed by atoms with Crippen molar-refractivity contribution in [2.24, 2.45) is 5.10 Å². The van der Waals surface area contributed by atoms with Crippen LogP contribution in [0.5, 0.6) is 0 Å². The number of sulfonamides is 1. The second-order valence-corrected chi connectivity index (χ2v) is 7.58. The zero-order valence-corrected chi connectivity index (χ0v) is 16.6. The lowest BCUT2D eigenvalue weighted by atomic mass is 10.1. The molecular weight excluding hydrogens is 384 g/mol. The lowest BCUT2D eigenvalue weighted by molar-refractivity contribution is -0.119. The number of benzene rings is 1. The minimum absolute atomic E-state index is 0.0651. The molecule has 0 radical (unpaired) electrons. The van der Waals surface area contributed by atoms with Crippen LogP contribution in [0, 0.1) is 13.8 Å². The van der Waals surface area contributed by atoms with Gasteiger partial charge in [0.15, 0.2) is 0 Å². The first-order valence-corrected chi connectivity index (χ1v) is 9.97. The van der Waals surface area contributed by atoms with Crippen molar-refractivity contribution in [2.75, 3.05) is 13.2 Å². The van der Waals surface area contributed by atoms with Crippen molar-refractivity contribution in [3.63, 3.8) is 0 Å². The first kappa shape index (κ1) is 21.3. The quantitative estimate of drug-likeness (QED) is 0.345. The fourth-order valence-electron chi connectivity index (χ4n) is 2.46. The largest absolute Gasteiger partial charge is 0.462 e. The Bertz CT molecular complexity index is 981. The number of nitrogens with one attached hydrogen (secondary N) is 3. The van der Waals surface area contributed by atoms with Gasteiger partial charge in [-0.05, 0) is 38.5 Å². The number of hydrazone groups is 1. The van der Waals surface area contributed by atoms with Crippen molar-refractivity contribution < 1.29 is 22.7 Å². The highest BCUT2D eigenvalue weighted by Crippen LogP contribution is 2.17. The molecular formula is C18H22N4O5S. The molecule has 10 heteroatoms. The lowest BCUT2D eigenvalue weighted by Crippen LogP contribution is -2.34. The fraction of sp³-hybridized carbons (Fsp3) is 0.278. The number of aromatic amines is 1. The summed E-state index contributed by atoms with van der Waals surface area (Å²) in [7, 11) is -3.78. The van der Waals surface area contributed by atoms with Crippen LogP contribution in [0.4, 0.5) is 0 Å². The number of hydrogen-bond donors (Lipinski definition) is 3. The van der Waals surface area contributed by atoms with E-state index in [4.69, 9.17) is 4.74 Å². The average molecular weight is 406 g/mol. The highest BCUT2D eigenvalue weighted by molar-refractivity contribution is 7.89. The van der Waals surface area contributed by atoms with Crippen LogP contribution >= 0.6 is 0 Å². The number of H-pyrrole nitrogens is 1. The third-order valence-corrected chi connectivity index (χ3v) is 5.23. The van der Waals surface area contributed by atoms with E-state index < -0.39 is 28.4 Å². The molecule has 9 nitrogen and oxygen atoms in total. The van der Waals surface area contributed by atoms with Crippen LogP contribution in [0.2, 0.25) is 0 Å². The highest BCUT2D eigenvalue weighted by Gasteiger charge is 2.18. The first-order chi connectivity index (χ1) is 13.3. The number of rotatable bonds is 8. The Morgan fingerprint density at radius 2 is 1.89 bits per heavy atom. The number of ether oxygens (including phenoxy) is 1. The monoisotopic (exact) mass is 406 g/mol. The van der Waals surface area contributed by atoms with Gasteiger partial charge in [-0.1, -0.05) is 18.2 Å². The number of carbonyl (C=O) groups excluding carboxylic acids is 2. The normalized spacial score (nSPS) is 11.5. The summed E-state index contributed by atoms with van der Waals surface area (Å²) in [6.07, 6.45) is 1.34. The summed E-state index contributed by atoms with van der Waals surface area (Å²) < 4.78 is 31.3. The number of aromatic nitrogens is 1. The first-order valence-electron chi connectivity index (χ1n) is 8.49. The van der Waals surface area contributed by atoms with Gasteiger partial charge < -0.3 is 9.72 Å². The molecule has 1 amide bonds. The van der Waals surface area contributed by atoms with Crippen LogP contribution in [0.25, 0.3) is 0 Å². The number of esters is 1. The van der Waals surface area contributed by atoms with Crippen LogP contribution in [-0.4, -0.2) is 44.6 Å². The molecule has 1 heterocycles. The molecule has 0 aliphatic carbocycles. The third-order valence-electron chi connectivity index (χ3n) is 3.81. The molecule has 0 aliphatic rings. The van der Waals surface area contributed by atoms with E-state index in [9.17, 15) is 18.0 Å². The molecule has 1 aromatic heterocycles.